The van der Waals surface area contributed by atoms with E-state index < -0.39 is 16.6 Å². The number of carbonyl (C=O) groups excluding carboxylic acids is 1. The monoisotopic (exact) mass is 512 g/mol. The molecule has 0 atom stereocenters. The molecule has 0 aliphatic heterocycles. The molecule has 0 fully saturated rings. The van der Waals surface area contributed by atoms with Crippen molar-refractivity contribution < 1.29 is 23.9 Å². The molecule has 2 heterocycles. The number of benzene rings is 1. The van der Waals surface area contributed by atoms with E-state index in [4.69, 9.17) is 14.2 Å². The highest BCUT2D eigenvalue weighted by Crippen LogP contribution is 2.27. The van der Waals surface area contributed by atoms with Crippen LogP contribution in [0.1, 0.15) is 38.3 Å². The Hall–Kier alpha value is -3.83. The smallest absolute Gasteiger partial charge is 0.417 e. The van der Waals surface area contributed by atoms with E-state index in [1.54, 1.807) is 39.0 Å². The molecule has 1 amide bonds. The molecule has 0 unspecified atom stereocenters. The van der Waals surface area contributed by atoms with Gasteiger partial charge in [0, 0.05) is 19.7 Å². The van der Waals surface area contributed by atoms with Gasteiger partial charge >= 0.3 is 11.9 Å². The normalized spacial score (nSPS) is 11.9. The Morgan fingerprint density at radius 3 is 2.61 bits per heavy atom. The second-order valence-electron chi connectivity index (χ2n) is 8.53. The van der Waals surface area contributed by atoms with Gasteiger partial charge in [-0.15, -0.1) is 11.3 Å². The highest BCUT2D eigenvalue weighted by atomic mass is 32.1. The van der Waals surface area contributed by atoms with Crippen LogP contribution >= 0.6 is 11.3 Å². The number of allylic oxidation sites excluding steroid dienone is 2. The number of anilines is 1. The van der Waals surface area contributed by atoms with Gasteiger partial charge in [-0.1, -0.05) is 12.2 Å². The summed E-state index contributed by atoms with van der Waals surface area (Å²) in [5.74, 6) is 0.449. The molecule has 3 rings (SSSR count). The molecule has 0 aliphatic rings. The third-order valence-corrected chi connectivity index (χ3v) is 5.57. The van der Waals surface area contributed by atoms with Crippen LogP contribution in [0.3, 0.4) is 0 Å². The first-order valence-corrected chi connectivity index (χ1v) is 12.0. The maximum absolute atomic E-state index is 12.3. The topological polar surface area (TPSA) is 117 Å². The number of hydrogen-bond donors (Lipinski definition) is 0. The predicted octanol–water partition coefficient (Wildman–Crippen LogP) is 6.07. The zero-order valence-electron chi connectivity index (χ0n) is 20.8. The zero-order chi connectivity index (χ0) is 26.3. The van der Waals surface area contributed by atoms with E-state index in [1.165, 1.54) is 30.5 Å². The van der Waals surface area contributed by atoms with Crippen molar-refractivity contribution in [1.82, 2.24) is 9.97 Å². The number of ether oxygens (including phenoxy) is 3. The maximum atomic E-state index is 12.3. The zero-order valence-corrected chi connectivity index (χ0v) is 21.6. The second kappa shape index (κ2) is 11.7. The standard InChI is InChI=1S/C25H28N4O6S/c1-6-33-16-34-18-12-13-19-20(15-18)36-22(26-19)10-8-7-9-17-11-14-21(27-23(17)29(31)32)28(5)24(30)35-25(2,3)4/h7-15H,6,16H2,1-5H3/b9-7+,10-8+. The minimum absolute atomic E-state index is 0.114. The van der Waals surface area contributed by atoms with Crippen LogP contribution in [-0.2, 0) is 9.47 Å². The van der Waals surface area contributed by atoms with Crippen molar-refractivity contribution >= 4 is 51.4 Å². The summed E-state index contributed by atoms with van der Waals surface area (Å²) < 4.78 is 17.0. The minimum Gasteiger partial charge on any atom is -0.468 e. The quantitative estimate of drug-likeness (QED) is 0.111. The SMILES string of the molecule is CCOCOc1ccc2nc(/C=C/C=C/c3ccc(N(C)C(=O)OC(C)(C)C)nc3[N+](=O)[O-])sc2c1. The number of thiazole rings is 1. The van der Waals surface area contributed by atoms with Gasteiger partial charge in [0.05, 0.1) is 15.8 Å². The molecule has 0 saturated carbocycles. The van der Waals surface area contributed by atoms with Gasteiger partial charge in [0.2, 0.25) is 0 Å². The summed E-state index contributed by atoms with van der Waals surface area (Å²) in [6.07, 6.45) is 6.15. The second-order valence-corrected chi connectivity index (χ2v) is 9.60. The first kappa shape index (κ1) is 26.8. The Bertz CT molecular complexity index is 1300. The van der Waals surface area contributed by atoms with E-state index in [-0.39, 0.29) is 18.4 Å². The lowest BCUT2D eigenvalue weighted by Crippen LogP contribution is -2.34. The largest absolute Gasteiger partial charge is 0.468 e. The fourth-order valence-corrected chi connectivity index (χ4v) is 3.82. The highest BCUT2D eigenvalue weighted by molar-refractivity contribution is 7.19. The summed E-state index contributed by atoms with van der Waals surface area (Å²) in [6, 6.07) is 8.69. The fourth-order valence-electron chi connectivity index (χ4n) is 2.91. The van der Waals surface area contributed by atoms with E-state index in [1.807, 2.05) is 31.2 Å². The highest BCUT2D eigenvalue weighted by Gasteiger charge is 2.25. The number of nitro groups is 1. The molecule has 0 N–H and O–H groups in total. The van der Waals surface area contributed by atoms with Gasteiger partial charge < -0.3 is 24.3 Å². The van der Waals surface area contributed by atoms with E-state index in [0.717, 1.165) is 20.1 Å². The van der Waals surface area contributed by atoms with Gasteiger partial charge in [-0.25, -0.2) is 14.7 Å². The predicted molar refractivity (Wildman–Crippen MR) is 140 cm³/mol. The Kier molecular flexibility index (Phi) is 8.73. The summed E-state index contributed by atoms with van der Waals surface area (Å²) in [5, 5.41) is 12.4. The number of rotatable bonds is 9. The number of nitrogens with zero attached hydrogens (tertiary/aromatic N) is 4. The summed E-state index contributed by atoms with van der Waals surface area (Å²) in [7, 11) is 1.45. The van der Waals surface area contributed by atoms with Crippen LogP contribution < -0.4 is 9.64 Å². The summed E-state index contributed by atoms with van der Waals surface area (Å²) in [4.78, 5) is 33.0. The molecule has 3 aromatic rings. The van der Waals surface area contributed by atoms with Crippen LogP contribution in [0.4, 0.5) is 16.4 Å². The van der Waals surface area contributed by atoms with E-state index in [9.17, 15) is 14.9 Å². The molecule has 36 heavy (non-hydrogen) atoms. The summed E-state index contributed by atoms with van der Waals surface area (Å²) in [5.41, 5.74) is 0.443. The number of carbonyl (C=O) groups is 1. The molecule has 2 aromatic heterocycles. The first-order valence-electron chi connectivity index (χ1n) is 11.2. The van der Waals surface area contributed by atoms with Crippen LogP contribution in [0.15, 0.2) is 42.5 Å². The van der Waals surface area contributed by atoms with Crippen LogP contribution in [0.2, 0.25) is 0 Å². The third-order valence-electron chi connectivity index (χ3n) is 4.59. The van der Waals surface area contributed by atoms with Crippen LogP contribution in [0.5, 0.6) is 5.75 Å². The van der Waals surface area contributed by atoms with Gasteiger partial charge in [-0.2, -0.15) is 0 Å². The number of amides is 1. The van der Waals surface area contributed by atoms with E-state index in [0.29, 0.717) is 17.9 Å². The molecular formula is C25H28N4O6S. The van der Waals surface area contributed by atoms with Crippen molar-refractivity contribution in [2.24, 2.45) is 0 Å². The molecule has 0 spiro atoms. The molecule has 0 bridgehead atoms. The number of aromatic nitrogens is 2. The van der Waals surface area contributed by atoms with Crippen molar-refractivity contribution in [3.05, 3.63) is 63.2 Å². The van der Waals surface area contributed by atoms with E-state index >= 15 is 0 Å². The van der Waals surface area contributed by atoms with Crippen molar-refractivity contribution in [2.75, 3.05) is 25.3 Å². The van der Waals surface area contributed by atoms with Crippen LogP contribution in [-0.4, -0.2) is 47.0 Å². The van der Waals surface area contributed by atoms with Crippen LogP contribution in [0.25, 0.3) is 22.4 Å². The van der Waals surface area contributed by atoms with Gasteiger partial charge in [0.25, 0.3) is 5.82 Å². The number of hydrogen-bond acceptors (Lipinski definition) is 9. The molecule has 0 aliphatic carbocycles. The Morgan fingerprint density at radius 1 is 1.17 bits per heavy atom. The Labute approximate surface area is 213 Å². The van der Waals surface area contributed by atoms with Crippen molar-refractivity contribution in [3.63, 3.8) is 0 Å². The Balaban J connectivity index is 1.72. The third kappa shape index (κ3) is 7.33. The molecule has 0 radical (unpaired) electrons. The lowest BCUT2D eigenvalue weighted by Gasteiger charge is -2.22. The van der Waals surface area contributed by atoms with Crippen molar-refractivity contribution in [2.45, 2.75) is 33.3 Å². The fraction of sp³-hybridized carbons (Fsp3) is 0.320. The first-order chi connectivity index (χ1) is 17.1. The lowest BCUT2D eigenvalue weighted by molar-refractivity contribution is -0.389. The average molecular weight is 513 g/mol. The van der Waals surface area contributed by atoms with Gasteiger partial charge in [0.15, 0.2) is 6.79 Å². The average Bonchev–Trinajstić information content (AvgIpc) is 3.22. The molecule has 11 heteroatoms. The molecular weight excluding hydrogens is 484 g/mol. The Morgan fingerprint density at radius 2 is 1.92 bits per heavy atom. The van der Waals surface area contributed by atoms with Gasteiger partial charge in [-0.3, -0.25) is 0 Å². The number of pyridine rings is 1. The molecule has 0 saturated heterocycles. The molecule has 190 valence electrons. The van der Waals surface area contributed by atoms with Crippen molar-refractivity contribution in [1.29, 1.82) is 0 Å². The summed E-state index contributed by atoms with van der Waals surface area (Å²) >= 11 is 1.49. The summed E-state index contributed by atoms with van der Waals surface area (Å²) in [6.45, 7) is 7.88. The lowest BCUT2D eigenvalue weighted by atomic mass is 10.2. The van der Waals surface area contributed by atoms with Crippen molar-refractivity contribution in [3.8, 4) is 5.75 Å². The van der Waals surface area contributed by atoms with Gasteiger partial charge in [-0.05, 0) is 74.0 Å². The van der Waals surface area contributed by atoms with Crippen LogP contribution in [0, 0.1) is 10.1 Å². The van der Waals surface area contributed by atoms with E-state index in [2.05, 4.69) is 9.97 Å². The number of fused-ring (bicyclic) bond motifs is 1. The molecule has 10 nitrogen and oxygen atoms in total. The molecule has 1 aromatic carbocycles. The van der Waals surface area contributed by atoms with Gasteiger partial charge in [0.1, 0.15) is 16.4 Å². The minimum atomic E-state index is -0.699. The maximum Gasteiger partial charge on any atom is 0.417 e.